The summed E-state index contributed by atoms with van der Waals surface area (Å²) >= 11 is 0. The molecule has 2 aromatic carbocycles. The Bertz CT molecular complexity index is 853. The second-order valence-electron chi connectivity index (χ2n) is 7.03. The first-order valence-corrected chi connectivity index (χ1v) is 9.26. The minimum Gasteiger partial charge on any atom is -0.367 e. The number of aryl methyl sites for hydroxylation is 1. The number of hydrogen-bond donors (Lipinski definition) is 2. The van der Waals surface area contributed by atoms with Crippen molar-refractivity contribution in [3.8, 4) is 11.1 Å². The molecule has 6 nitrogen and oxygen atoms in total. The molecule has 4 rings (SSSR count). The van der Waals surface area contributed by atoms with Crippen LogP contribution in [0.2, 0.25) is 0 Å². The van der Waals surface area contributed by atoms with Gasteiger partial charge in [-0.3, -0.25) is 4.79 Å². The summed E-state index contributed by atoms with van der Waals surface area (Å²) in [5.41, 5.74) is 10.1. The van der Waals surface area contributed by atoms with E-state index in [4.69, 9.17) is 10.5 Å². The smallest absolute Gasteiger partial charge is 0.318 e. The van der Waals surface area contributed by atoms with E-state index in [0.717, 1.165) is 24.0 Å². The molecule has 3 amide bonds. The van der Waals surface area contributed by atoms with E-state index >= 15 is 0 Å². The largest absolute Gasteiger partial charge is 0.367 e. The van der Waals surface area contributed by atoms with Gasteiger partial charge in [0.1, 0.15) is 0 Å². The monoisotopic (exact) mass is 365 g/mol. The van der Waals surface area contributed by atoms with Crippen LogP contribution in [-0.4, -0.2) is 42.6 Å². The van der Waals surface area contributed by atoms with E-state index in [-0.39, 0.29) is 18.6 Å². The lowest BCUT2D eigenvalue weighted by Gasteiger charge is -2.32. The van der Waals surface area contributed by atoms with E-state index in [2.05, 4.69) is 35.6 Å². The Morgan fingerprint density at radius 2 is 1.93 bits per heavy atom. The van der Waals surface area contributed by atoms with Gasteiger partial charge in [0.15, 0.2) is 6.10 Å². The van der Waals surface area contributed by atoms with Crippen LogP contribution < -0.4 is 11.1 Å². The van der Waals surface area contributed by atoms with Crippen LogP contribution in [0, 0.1) is 0 Å². The Labute approximate surface area is 158 Å². The van der Waals surface area contributed by atoms with Crippen LogP contribution in [0.3, 0.4) is 0 Å². The predicted octanol–water partition coefficient (Wildman–Crippen LogP) is 2.24. The van der Waals surface area contributed by atoms with Crippen molar-refractivity contribution in [1.82, 2.24) is 10.2 Å². The standard InChI is InChI=1S/C21H23N3O3/c22-20(25)19-13-24(10-11-27-19)21(26)23-18-9-8-15-6-7-16(12-17(15)18)14-4-2-1-3-5-14/h1-7,12,18-19H,8-11,13H2,(H2,22,25)(H,23,26). The number of benzene rings is 2. The summed E-state index contributed by atoms with van der Waals surface area (Å²) in [7, 11) is 0. The number of nitrogens with two attached hydrogens (primary N) is 1. The number of fused-ring (bicyclic) bond motifs is 1. The SMILES string of the molecule is NC(=O)C1CN(C(=O)NC2CCc3ccc(-c4ccccc4)cc32)CCO1. The summed E-state index contributed by atoms with van der Waals surface area (Å²) in [5, 5.41) is 3.12. The van der Waals surface area contributed by atoms with E-state index in [1.165, 1.54) is 11.1 Å². The van der Waals surface area contributed by atoms with Gasteiger partial charge in [0.2, 0.25) is 5.91 Å². The first kappa shape index (κ1) is 17.5. The molecule has 0 aromatic heterocycles. The number of morpholine rings is 1. The van der Waals surface area contributed by atoms with E-state index in [0.29, 0.717) is 13.2 Å². The number of ether oxygens (including phenoxy) is 1. The fourth-order valence-electron chi connectivity index (χ4n) is 3.81. The first-order chi connectivity index (χ1) is 13.1. The van der Waals surface area contributed by atoms with Gasteiger partial charge in [0.05, 0.1) is 19.2 Å². The maximum absolute atomic E-state index is 12.7. The van der Waals surface area contributed by atoms with Crippen LogP contribution in [0.15, 0.2) is 48.5 Å². The molecule has 2 unspecified atom stereocenters. The van der Waals surface area contributed by atoms with Crippen LogP contribution in [-0.2, 0) is 16.0 Å². The number of nitrogens with one attached hydrogen (secondary N) is 1. The minimum absolute atomic E-state index is 0.0222. The van der Waals surface area contributed by atoms with Crippen molar-refractivity contribution >= 4 is 11.9 Å². The number of carbonyl (C=O) groups excluding carboxylic acids is 2. The van der Waals surface area contributed by atoms with Crippen molar-refractivity contribution in [3.63, 3.8) is 0 Å². The fraction of sp³-hybridized carbons (Fsp3) is 0.333. The Morgan fingerprint density at radius 1 is 1.11 bits per heavy atom. The van der Waals surface area contributed by atoms with Gasteiger partial charge < -0.3 is 20.7 Å². The molecule has 27 heavy (non-hydrogen) atoms. The lowest BCUT2D eigenvalue weighted by atomic mass is 9.99. The molecule has 0 spiro atoms. The molecule has 0 bridgehead atoms. The Balaban J connectivity index is 1.49. The van der Waals surface area contributed by atoms with Gasteiger partial charge in [-0.05, 0) is 41.2 Å². The topological polar surface area (TPSA) is 84.7 Å². The van der Waals surface area contributed by atoms with Crippen molar-refractivity contribution in [3.05, 3.63) is 59.7 Å². The zero-order chi connectivity index (χ0) is 18.8. The Kier molecular flexibility index (Phi) is 4.81. The number of nitrogens with zero attached hydrogens (tertiary/aromatic N) is 1. The number of urea groups is 1. The van der Waals surface area contributed by atoms with Crippen molar-refractivity contribution in [2.24, 2.45) is 5.73 Å². The first-order valence-electron chi connectivity index (χ1n) is 9.26. The van der Waals surface area contributed by atoms with Gasteiger partial charge >= 0.3 is 6.03 Å². The second-order valence-corrected chi connectivity index (χ2v) is 7.03. The summed E-state index contributed by atoms with van der Waals surface area (Å²) in [6.07, 6.45) is 1.09. The molecule has 2 aliphatic rings. The summed E-state index contributed by atoms with van der Waals surface area (Å²) in [6, 6.07) is 16.5. The lowest BCUT2D eigenvalue weighted by molar-refractivity contribution is -0.133. The molecule has 0 radical (unpaired) electrons. The molecule has 3 N–H and O–H groups in total. The molecular weight excluding hydrogens is 342 g/mol. The minimum atomic E-state index is -0.731. The molecule has 1 aliphatic heterocycles. The highest BCUT2D eigenvalue weighted by Crippen LogP contribution is 2.34. The van der Waals surface area contributed by atoms with E-state index < -0.39 is 12.0 Å². The average Bonchev–Trinajstić information content (AvgIpc) is 3.10. The van der Waals surface area contributed by atoms with Gasteiger partial charge in [-0.25, -0.2) is 4.79 Å². The number of carbonyl (C=O) groups is 2. The molecule has 1 aliphatic carbocycles. The third-order valence-electron chi connectivity index (χ3n) is 5.30. The van der Waals surface area contributed by atoms with E-state index in [9.17, 15) is 9.59 Å². The number of rotatable bonds is 3. The second kappa shape index (κ2) is 7.40. The highest BCUT2D eigenvalue weighted by atomic mass is 16.5. The van der Waals surface area contributed by atoms with Crippen LogP contribution in [0.5, 0.6) is 0 Å². The summed E-state index contributed by atoms with van der Waals surface area (Å²) in [5.74, 6) is -0.536. The van der Waals surface area contributed by atoms with Crippen molar-refractivity contribution in [1.29, 1.82) is 0 Å². The van der Waals surface area contributed by atoms with Gasteiger partial charge in [-0.1, -0.05) is 42.5 Å². The molecule has 2 aromatic rings. The Hall–Kier alpha value is -2.86. The molecule has 2 atom stereocenters. The highest BCUT2D eigenvalue weighted by Gasteiger charge is 2.30. The van der Waals surface area contributed by atoms with Crippen LogP contribution in [0.4, 0.5) is 4.79 Å². The average molecular weight is 365 g/mol. The summed E-state index contributed by atoms with van der Waals surface area (Å²) in [6.45, 7) is 0.977. The van der Waals surface area contributed by atoms with Gasteiger partial charge in [-0.2, -0.15) is 0 Å². The zero-order valence-corrected chi connectivity index (χ0v) is 15.1. The molecular formula is C21H23N3O3. The fourth-order valence-corrected chi connectivity index (χ4v) is 3.81. The van der Waals surface area contributed by atoms with Gasteiger partial charge in [0, 0.05) is 6.54 Å². The highest BCUT2D eigenvalue weighted by molar-refractivity contribution is 5.81. The molecule has 1 saturated heterocycles. The summed E-state index contributed by atoms with van der Waals surface area (Å²) < 4.78 is 5.31. The normalized spacial score (nSPS) is 21.6. The number of hydrogen-bond acceptors (Lipinski definition) is 3. The van der Waals surface area contributed by atoms with E-state index in [1.807, 2.05) is 18.2 Å². The van der Waals surface area contributed by atoms with Crippen molar-refractivity contribution in [2.75, 3.05) is 19.7 Å². The van der Waals surface area contributed by atoms with Crippen molar-refractivity contribution < 1.29 is 14.3 Å². The van der Waals surface area contributed by atoms with Gasteiger partial charge in [-0.15, -0.1) is 0 Å². The van der Waals surface area contributed by atoms with Crippen LogP contribution >= 0.6 is 0 Å². The molecule has 140 valence electrons. The quantitative estimate of drug-likeness (QED) is 0.875. The molecule has 1 fully saturated rings. The molecule has 6 heteroatoms. The van der Waals surface area contributed by atoms with Crippen molar-refractivity contribution in [2.45, 2.75) is 25.0 Å². The zero-order valence-electron chi connectivity index (χ0n) is 15.1. The predicted molar refractivity (Wildman–Crippen MR) is 102 cm³/mol. The third-order valence-corrected chi connectivity index (χ3v) is 5.30. The lowest BCUT2D eigenvalue weighted by Crippen LogP contribution is -2.53. The van der Waals surface area contributed by atoms with Gasteiger partial charge in [0.25, 0.3) is 0 Å². The maximum Gasteiger partial charge on any atom is 0.318 e. The summed E-state index contributed by atoms with van der Waals surface area (Å²) in [4.78, 5) is 25.6. The maximum atomic E-state index is 12.7. The molecule has 0 saturated carbocycles. The van der Waals surface area contributed by atoms with E-state index in [1.54, 1.807) is 4.90 Å². The van der Waals surface area contributed by atoms with Crippen LogP contribution in [0.1, 0.15) is 23.6 Å². The Morgan fingerprint density at radius 3 is 2.70 bits per heavy atom. The molecule has 1 heterocycles. The third kappa shape index (κ3) is 3.66. The number of amides is 3. The number of primary amides is 1. The van der Waals surface area contributed by atoms with Crippen LogP contribution in [0.25, 0.3) is 11.1 Å².